The van der Waals surface area contributed by atoms with Crippen molar-refractivity contribution in [3.63, 3.8) is 0 Å². The number of amides is 1. The number of rotatable bonds is 5. The molecule has 3 rings (SSSR count). The van der Waals surface area contributed by atoms with Crippen LogP contribution in [0.4, 0.5) is 5.69 Å². The van der Waals surface area contributed by atoms with E-state index >= 15 is 0 Å². The maximum atomic E-state index is 12.7. The largest absolute Gasteiger partial charge is 0.497 e. The molecule has 1 aromatic heterocycles. The number of hydrogen-bond donors (Lipinski definition) is 1. The lowest BCUT2D eigenvalue weighted by atomic mass is 10.2. The van der Waals surface area contributed by atoms with Gasteiger partial charge >= 0.3 is 0 Å². The first-order valence-electron chi connectivity index (χ1n) is 7.74. The Hall–Kier alpha value is -3.06. The van der Waals surface area contributed by atoms with Crippen molar-refractivity contribution in [2.24, 2.45) is 0 Å². The third-order valence-electron chi connectivity index (χ3n) is 4.05. The van der Waals surface area contributed by atoms with Crippen LogP contribution in [0.2, 0.25) is 5.02 Å². The molecule has 3 aromatic rings. The number of carbonyl (C=O) groups is 1. The standard InChI is InChI=1S/C18H16ClN3O4/c1-21(10-12-7-13(22(24)25)4-6-15(12)19)18(23)17-8-11-3-5-14(26-2)9-16(11)20-17/h3-9,20H,10H2,1-2H3. The molecule has 0 saturated carbocycles. The summed E-state index contributed by atoms with van der Waals surface area (Å²) in [6.45, 7) is 0.151. The molecule has 0 bridgehead atoms. The van der Waals surface area contributed by atoms with Crippen LogP contribution >= 0.6 is 11.6 Å². The van der Waals surface area contributed by atoms with Gasteiger partial charge in [0.05, 0.1) is 12.0 Å². The van der Waals surface area contributed by atoms with E-state index in [1.165, 1.54) is 23.1 Å². The van der Waals surface area contributed by atoms with Crippen molar-refractivity contribution in [1.29, 1.82) is 0 Å². The van der Waals surface area contributed by atoms with Crippen LogP contribution in [0.25, 0.3) is 10.9 Å². The molecule has 0 aliphatic heterocycles. The van der Waals surface area contributed by atoms with E-state index in [-0.39, 0.29) is 18.1 Å². The molecule has 134 valence electrons. The summed E-state index contributed by atoms with van der Waals surface area (Å²) in [7, 11) is 3.19. The smallest absolute Gasteiger partial charge is 0.270 e. The molecule has 7 nitrogen and oxygen atoms in total. The molecule has 0 spiro atoms. The van der Waals surface area contributed by atoms with Gasteiger partial charge in [-0.05, 0) is 29.8 Å². The van der Waals surface area contributed by atoms with Crippen LogP contribution in [-0.4, -0.2) is 34.9 Å². The van der Waals surface area contributed by atoms with E-state index in [2.05, 4.69) is 4.98 Å². The average Bonchev–Trinajstić information content (AvgIpc) is 3.05. The van der Waals surface area contributed by atoms with Gasteiger partial charge in [0, 0.05) is 47.7 Å². The summed E-state index contributed by atoms with van der Waals surface area (Å²) in [6, 6.07) is 11.4. The van der Waals surface area contributed by atoms with Crippen molar-refractivity contribution in [3.05, 3.63) is 68.9 Å². The number of nitrogens with zero attached hydrogens (tertiary/aromatic N) is 2. The van der Waals surface area contributed by atoms with E-state index in [1.807, 2.05) is 18.2 Å². The van der Waals surface area contributed by atoms with E-state index < -0.39 is 4.92 Å². The Bertz CT molecular complexity index is 999. The number of methoxy groups -OCH3 is 1. The third kappa shape index (κ3) is 3.48. The zero-order chi connectivity index (χ0) is 18.8. The maximum Gasteiger partial charge on any atom is 0.270 e. The van der Waals surface area contributed by atoms with E-state index in [1.54, 1.807) is 20.2 Å². The molecule has 0 atom stereocenters. The summed E-state index contributed by atoms with van der Waals surface area (Å²) >= 11 is 6.11. The van der Waals surface area contributed by atoms with Crippen LogP contribution in [0, 0.1) is 10.1 Å². The highest BCUT2D eigenvalue weighted by Gasteiger charge is 2.18. The Labute approximate surface area is 154 Å². The van der Waals surface area contributed by atoms with E-state index in [0.29, 0.717) is 22.0 Å². The predicted octanol–water partition coefficient (Wildman–Crippen LogP) is 4.01. The van der Waals surface area contributed by atoms with Crippen LogP contribution in [-0.2, 0) is 6.54 Å². The highest BCUT2D eigenvalue weighted by molar-refractivity contribution is 6.31. The van der Waals surface area contributed by atoms with Crippen molar-refractivity contribution in [1.82, 2.24) is 9.88 Å². The van der Waals surface area contributed by atoms with E-state index in [9.17, 15) is 14.9 Å². The topological polar surface area (TPSA) is 88.5 Å². The lowest BCUT2D eigenvalue weighted by Gasteiger charge is -2.17. The van der Waals surface area contributed by atoms with Crippen molar-refractivity contribution in [3.8, 4) is 5.75 Å². The first-order valence-corrected chi connectivity index (χ1v) is 8.12. The number of aromatic nitrogens is 1. The highest BCUT2D eigenvalue weighted by Crippen LogP contribution is 2.25. The second kappa shape index (κ2) is 7.05. The fourth-order valence-electron chi connectivity index (χ4n) is 2.68. The fraction of sp³-hybridized carbons (Fsp3) is 0.167. The van der Waals surface area contributed by atoms with Crippen LogP contribution in [0.1, 0.15) is 16.1 Å². The fourth-order valence-corrected chi connectivity index (χ4v) is 2.85. The second-order valence-corrected chi connectivity index (χ2v) is 6.24. The summed E-state index contributed by atoms with van der Waals surface area (Å²) in [5.41, 5.74) is 1.64. The molecular weight excluding hydrogens is 358 g/mol. The monoisotopic (exact) mass is 373 g/mol. The summed E-state index contributed by atoms with van der Waals surface area (Å²) in [5.74, 6) is 0.442. The van der Waals surface area contributed by atoms with Crippen LogP contribution < -0.4 is 4.74 Å². The molecule has 0 fully saturated rings. The van der Waals surface area contributed by atoms with Gasteiger partial charge in [0.25, 0.3) is 11.6 Å². The molecule has 8 heteroatoms. The molecule has 0 unspecified atom stereocenters. The second-order valence-electron chi connectivity index (χ2n) is 5.83. The number of carbonyl (C=O) groups excluding carboxylic acids is 1. The van der Waals surface area contributed by atoms with E-state index in [0.717, 1.165) is 10.9 Å². The molecule has 2 aromatic carbocycles. The first-order chi connectivity index (χ1) is 12.4. The molecule has 1 amide bonds. The molecule has 0 aliphatic carbocycles. The zero-order valence-electron chi connectivity index (χ0n) is 14.2. The lowest BCUT2D eigenvalue weighted by Crippen LogP contribution is -2.26. The molecule has 26 heavy (non-hydrogen) atoms. The summed E-state index contributed by atoms with van der Waals surface area (Å²) in [6.07, 6.45) is 0. The van der Waals surface area contributed by atoms with Crippen LogP contribution in [0.3, 0.4) is 0 Å². The molecule has 0 aliphatic rings. The van der Waals surface area contributed by atoms with Gasteiger partial charge in [-0.3, -0.25) is 14.9 Å². The summed E-state index contributed by atoms with van der Waals surface area (Å²) in [5, 5.41) is 12.2. The van der Waals surface area contributed by atoms with Crippen molar-refractivity contribution >= 4 is 34.1 Å². The van der Waals surface area contributed by atoms with Crippen LogP contribution in [0.5, 0.6) is 5.75 Å². The lowest BCUT2D eigenvalue weighted by molar-refractivity contribution is -0.384. The number of H-pyrrole nitrogens is 1. The van der Waals surface area contributed by atoms with Gasteiger partial charge in [-0.15, -0.1) is 0 Å². The number of aromatic amines is 1. The maximum absolute atomic E-state index is 12.7. The van der Waals surface area contributed by atoms with Crippen molar-refractivity contribution in [2.75, 3.05) is 14.2 Å². The molecule has 1 N–H and O–H groups in total. The Morgan fingerprint density at radius 1 is 1.27 bits per heavy atom. The Morgan fingerprint density at radius 3 is 2.73 bits per heavy atom. The zero-order valence-corrected chi connectivity index (χ0v) is 14.9. The minimum Gasteiger partial charge on any atom is -0.497 e. The minimum absolute atomic E-state index is 0.0667. The number of ether oxygens (including phenoxy) is 1. The van der Waals surface area contributed by atoms with Gasteiger partial charge in [0.15, 0.2) is 0 Å². The number of nitrogens with one attached hydrogen (secondary N) is 1. The Balaban J connectivity index is 1.84. The number of benzene rings is 2. The molecule has 0 radical (unpaired) electrons. The molecule has 0 saturated heterocycles. The van der Waals surface area contributed by atoms with Gasteiger partial charge in [0.2, 0.25) is 0 Å². The molecule has 1 heterocycles. The highest BCUT2D eigenvalue weighted by atomic mass is 35.5. The van der Waals surface area contributed by atoms with Gasteiger partial charge < -0.3 is 14.6 Å². The number of nitro groups is 1. The van der Waals surface area contributed by atoms with E-state index in [4.69, 9.17) is 16.3 Å². The first kappa shape index (κ1) is 17.8. The normalized spacial score (nSPS) is 10.7. The van der Waals surface area contributed by atoms with Crippen molar-refractivity contribution < 1.29 is 14.5 Å². The average molecular weight is 374 g/mol. The number of halogens is 1. The molecular formula is C18H16ClN3O4. The van der Waals surface area contributed by atoms with Gasteiger partial charge in [-0.2, -0.15) is 0 Å². The Kier molecular flexibility index (Phi) is 4.81. The minimum atomic E-state index is -0.493. The quantitative estimate of drug-likeness (QED) is 0.540. The van der Waals surface area contributed by atoms with Crippen molar-refractivity contribution in [2.45, 2.75) is 6.54 Å². The van der Waals surface area contributed by atoms with Gasteiger partial charge in [0.1, 0.15) is 11.4 Å². The number of non-ortho nitro benzene ring substituents is 1. The SMILES string of the molecule is COc1ccc2cc(C(=O)N(C)Cc3cc([N+](=O)[O-])ccc3Cl)[nH]c2c1. The predicted molar refractivity (Wildman–Crippen MR) is 98.8 cm³/mol. The van der Waals surface area contributed by atoms with Crippen LogP contribution in [0.15, 0.2) is 42.5 Å². The van der Waals surface area contributed by atoms with Gasteiger partial charge in [-0.1, -0.05) is 11.6 Å². The Morgan fingerprint density at radius 2 is 2.04 bits per heavy atom. The van der Waals surface area contributed by atoms with Gasteiger partial charge in [-0.25, -0.2) is 0 Å². The number of fused-ring (bicyclic) bond motifs is 1. The summed E-state index contributed by atoms with van der Waals surface area (Å²) in [4.78, 5) is 27.6. The number of hydrogen-bond acceptors (Lipinski definition) is 4. The third-order valence-corrected chi connectivity index (χ3v) is 4.42. The summed E-state index contributed by atoms with van der Waals surface area (Å²) < 4.78 is 5.18. The number of nitro benzene ring substituents is 1.